The lowest BCUT2D eigenvalue weighted by Crippen LogP contribution is -1.98. The Balaban J connectivity index is 2.08. The smallest absolute Gasteiger partial charge is 0.238 e. The molecule has 0 saturated carbocycles. The Hall–Kier alpha value is -2.21. The van der Waals surface area contributed by atoms with Gasteiger partial charge in [0, 0.05) is 18.1 Å². The standard InChI is InChI=1S/C15H13BrN4O/c1-9-6-7-10-4-3-5-11(13(10)20-9)21-15-12(16)14(17-2)18-8-19-15/h3-8H,1-2H3,(H,17,18,19). The number of anilines is 1. The SMILES string of the molecule is CNc1ncnc(Oc2cccc3ccc(C)nc23)c1Br. The highest BCUT2D eigenvalue weighted by Crippen LogP contribution is 2.34. The van der Waals surface area contributed by atoms with E-state index in [1.54, 1.807) is 7.05 Å². The third-order valence-corrected chi connectivity index (χ3v) is 3.74. The number of aryl methyl sites for hydroxylation is 1. The Morgan fingerprint density at radius 1 is 1.14 bits per heavy atom. The maximum atomic E-state index is 5.92. The van der Waals surface area contributed by atoms with Crippen LogP contribution in [0.1, 0.15) is 5.69 Å². The van der Waals surface area contributed by atoms with E-state index in [4.69, 9.17) is 4.74 Å². The quantitative estimate of drug-likeness (QED) is 0.779. The molecule has 3 rings (SSSR count). The third-order valence-electron chi connectivity index (χ3n) is 3.02. The molecule has 0 spiro atoms. The van der Waals surface area contributed by atoms with Crippen LogP contribution in [-0.4, -0.2) is 22.0 Å². The highest BCUT2D eigenvalue weighted by Gasteiger charge is 2.12. The first-order valence-corrected chi connectivity index (χ1v) is 7.21. The van der Waals surface area contributed by atoms with E-state index in [9.17, 15) is 0 Å². The molecule has 0 radical (unpaired) electrons. The van der Waals surface area contributed by atoms with E-state index >= 15 is 0 Å². The number of hydrogen-bond acceptors (Lipinski definition) is 5. The summed E-state index contributed by atoms with van der Waals surface area (Å²) in [7, 11) is 1.79. The van der Waals surface area contributed by atoms with Crippen LogP contribution in [0.15, 0.2) is 41.1 Å². The number of benzene rings is 1. The average molecular weight is 345 g/mol. The Kier molecular flexibility index (Phi) is 3.70. The van der Waals surface area contributed by atoms with Crippen molar-refractivity contribution in [3.63, 3.8) is 0 Å². The van der Waals surface area contributed by atoms with Crippen molar-refractivity contribution < 1.29 is 4.74 Å². The number of aromatic nitrogens is 3. The predicted octanol–water partition coefficient (Wildman–Crippen LogP) is 3.93. The first-order valence-electron chi connectivity index (χ1n) is 6.41. The molecule has 1 N–H and O–H groups in total. The lowest BCUT2D eigenvalue weighted by Gasteiger charge is -2.10. The van der Waals surface area contributed by atoms with Crippen LogP contribution in [0.4, 0.5) is 5.82 Å². The van der Waals surface area contributed by atoms with Crippen molar-refractivity contribution in [2.75, 3.05) is 12.4 Å². The molecule has 106 valence electrons. The van der Waals surface area contributed by atoms with Gasteiger partial charge in [-0.2, -0.15) is 0 Å². The minimum atomic E-state index is 0.449. The molecular weight excluding hydrogens is 332 g/mol. The van der Waals surface area contributed by atoms with Crippen molar-refractivity contribution in [2.45, 2.75) is 6.92 Å². The van der Waals surface area contributed by atoms with Gasteiger partial charge in [-0.3, -0.25) is 0 Å². The van der Waals surface area contributed by atoms with Gasteiger partial charge in [0.05, 0.1) is 0 Å². The monoisotopic (exact) mass is 344 g/mol. The van der Waals surface area contributed by atoms with Crippen LogP contribution < -0.4 is 10.1 Å². The Labute approximate surface area is 130 Å². The molecule has 21 heavy (non-hydrogen) atoms. The zero-order valence-electron chi connectivity index (χ0n) is 11.6. The summed E-state index contributed by atoms with van der Waals surface area (Å²) in [5, 5.41) is 4.00. The van der Waals surface area contributed by atoms with E-state index in [0.29, 0.717) is 21.9 Å². The molecule has 2 heterocycles. The summed E-state index contributed by atoms with van der Waals surface area (Å²) in [5.41, 5.74) is 1.75. The fourth-order valence-electron chi connectivity index (χ4n) is 2.00. The van der Waals surface area contributed by atoms with Crippen LogP contribution in [0.2, 0.25) is 0 Å². The largest absolute Gasteiger partial charge is 0.435 e. The zero-order valence-corrected chi connectivity index (χ0v) is 13.2. The van der Waals surface area contributed by atoms with Crippen molar-refractivity contribution >= 4 is 32.7 Å². The summed E-state index contributed by atoms with van der Waals surface area (Å²) in [6.45, 7) is 1.95. The highest BCUT2D eigenvalue weighted by molar-refractivity contribution is 9.10. The van der Waals surface area contributed by atoms with Crippen molar-refractivity contribution in [1.82, 2.24) is 15.0 Å². The first kappa shape index (κ1) is 13.8. The molecule has 3 aromatic rings. The van der Waals surface area contributed by atoms with Crippen LogP contribution in [0.5, 0.6) is 11.6 Å². The number of fused-ring (bicyclic) bond motifs is 1. The molecule has 0 amide bonds. The summed E-state index contributed by atoms with van der Waals surface area (Å²) in [5.74, 6) is 1.78. The summed E-state index contributed by atoms with van der Waals surface area (Å²) in [6.07, 6.45) is 1.45. The van der Waals surface area contributed by atoms with Gasteiger partial charge in [-0.05, 0) is 35.0 Å². The van der Waals surface area contributed by atoms with E-state index in [-0.39, 0.29) is 0 Å². The molecular formula is C15H13BrN4O. The number of nitrogens with one attached hydrogen (secondary N) is 1. The average Bonchev–Trinajstić information content (AvgIpc) is 2.50. The Bertz CT molecular complexity index is 807. The van der Waals surface area contributed by atoms with Gasteiger partial charge in [-0.15, -0.1) is 0 Å². The minimum Gasteiger partial charge on any atom is -0.435 e. The maximum absolute atomic E-state index is 5.92. The molecule has 6 heteroatoms. The van der Waals surface area contributed by atoms with Crippen molar-refractivity contribution in [1.29, 1.82) is 0 Å². The van der Waals surface area contributed by atoms with Gasteiger partial charge in [-0.1, -0.05) is 18.2 Å². The van der Waals surface area contributed by atoms with Gasteiger partial charge in [0.25, 0.3) is 0 Å². The number of pyridine rings is 1. The van der Waals surface area contributed by atoms with Crippen molar-refractivity contribution in [2.24, 2.45) is 0 Å². The van der Waals surface area contributed by atoms with Crippen LogP contribution in [0.25, 0.3) is 10.9 Å². The van der Waals surface area contributed by atoms with Gasteiger partial charge < -0.3 is 10.1 Å². The van der Waals surface area contributed by atoms with E-state index in [0.717, 1.165) is 16.6 Å². The third kappa shape index (κ3) is 2.67. The molecule has 5 nitrogen and oxygen atoms in total. The molecule has 0 atom stereocenters. The number of para-hydroxylation sites is 1. The summed E-state index contributed by atoms with van der Waals surface area (Å²) in [4.78, 5) is 12.8. The van der Waals surface area contributed by atoms with E-state index in [1.807, 2.05) is 37.3 Å². The topological polar surface area (TPSA) is 59.9 Å². The number of rotatable bonds is 3. The number of halogens is 1. The normalized spacial score (nSPS) is 10.6. The van der Waals surface area contributed by atoms with E-state index in [1.165, 1.54) is 6.33 Å². The lowest BCUT2D eigenvalue weighted by atomic mass is 10.2. The van der Waals surface area contributed by atoms with Crippen LogP contribution in [-0.2, 0) is 0 Å². The minimum absolute atomic E-state index is 0.449. The van der Waals surface area contributed by atoms with Gasteiger partial charge in [0.2, 0.25) is 5.88 Å². The first-order chi connectivity index (χ1) is 10.2. The van der Waals surface area contributed by atoms with E-state index < -0.39 is 0 Å². The molecule has 1 aromatic carbocycles. The molecule has 0 aliphatic heterocycles. The van der Waals surface area contributed by atoms with Gasteiger partial charge in [0.15, 0.2) is 5.75 Å². The molecule has 0 fully saturated rings. The van der Waals surface area contributed by atoms with Gasteiger partial charge in [-0.25, -0.2) is 15.0 Å². The summed E-state index contributed by atoms with van der Waals surface area (Å²) < 4.78 is 6.60. The second-order valence-corrected chi connectivity index (χ2v) is 5.27. The molecule has 0 bridgehead atoms. The number of nitrogens with zero attached hydrogens (tertiary/aromatic N) is 3. The van der Waals surface area contributed by atoms with Crippen molar-refractivity contribution in [3.8, 4) is 11.6 Å². The molecule has 2 aromatic heterocycles. The Morgan fingerprint density at radius 3 is 2.81 bits per heavy atom. The molecule has 0 aliphatic rings. The fraction of sp³-hybridized carbons (Fsp3) is 0.133. The predicted molar refractivity (Wildman–Crippen MR) is 85.8 cm³/mol. The second-order valence-electron chi connectivity index (χ2n) is 4.47. The highest BCUT2D eigenvalue weighted by atomic mass is 79.9. The molecule has 0 unspecified atom stereocenters. The Morgan fingerprint density at radius 2 is 2.00 bits per heavy atom. The molecule has 0 aliphatic carbocycles. The maximum Gasteiger partial charge on any atom is 0.238 e. The zero-order chi connectivity index (χ0) is 14.8. The van der Waals surface area contributed by atoms with Crippen LogP contribution >= 0.6 is 15.9 Å². The van der Waals surface area contributed by atoms with Crippen molar-refractivity contribution in [3.05, 3.63) is 46.8 Å². The summed E-state index contributed by atoms with van der Waals surface area (Å²) in [6, 6.07) is 9.82. The second kappa shape index (κ2) is 5.65. The lowest BCUT2D eigenvalue weighted by molar-refractivity contribution is 0.462. The number of hydrogen-bond donors (Lipinski definition) is 1. The van der Waals surface area contributed by atoms with Gasteiger partial charge >= 0.3 is 0 Å². The van der Waals surface area contributed by atoms with Crippen LogP contribution in [0.3, 0.4) is 0 Å². The fourth-order valence-corrected chi connectivity index (χ4v) is 2.49. The van der Waals surface area contributed by atoms with Crippen LogP contribution in [0, 0.1) is 6.92 Å². The van der Waals surface area contributed by atoms with Gasteiger partial charge in [0.1, 0.15) is 22.1 Å². The summed E-state index contributed by atoms with van der Waals surface area (Å²) >= 11 is 3.44. The van der Waals surface area contributed by atoms with E-state index in [2.05, 4.69) is 36.2 Å². The number of ether oxygens (including phenoxy) is 1. The molecule has 0 saturated heterocycles.